The fraction of sp³-hybridized carbons (Fsp3) is 0.407. The number of hydrogen-bond donors (Lipinski definition) is 3. The van der Waals surface area contributed by atoms with E-state index in [0.29, 0.717) is 47.3 Å². The largest absolute Gasteiger partial charge is 0.507 e. The highest BCUT2D eigenvalue weighted by Crippen LogP contribution is 2.36. The molecule has 2 aliphatic rings. The Morgan fingerprint density at radius 3 is 2.37 bits per heavy atom. The number of benzene rings is 1. The van der Waals surface area contributed by atoms with Gasteiger partial charge in [0.25, 0.3) is 0 Å². The molecule has 0 amide bonds. The van der Waals surface area contributed by atoms with Gasteiger partial charge in [0, 0.05) is 31.0 Å². The van der Waals surface area contributed by atoms with Crippen molar-refractivity contribution in [1.29, 1.82) is 0 Å². The van der Waals surface area contributed by atoms with Crippen LogP contribution in [0.4, 0.5) is 11.8 Å². The lowest BCUT2D eigenvalue weighted by Gasteiger charge is -2.32. The van der Waals surface area contributed by atoms with Crippen LogP contribution in [-0.2, 0) is 4.79 Å². The average Bonchev–Trinajstić information content (AvgIpc) is 3.29. The Morgan fingerprint density at radius 1 is 0.974 bits per heavy atom. The predicted octanol–water partition coefficient (Wildman–Crippen LogP) is 3.77. The SMILES string of the molecule is Nc1nn(C2CCN(c3ncc(C4CCC(C(=O)O)CC4)cn3)CC2)c2cc(-c3ccccc3O)nnc12. The summed E-state index contributed by atoms with van der Waals surface area (Å²) in [5.41, 5.74) is 9.80. The van der Waals surface area contributed by atoms with E-state index in [9.17, 15) is 15.0 Å². The first-order valence-electron chi connectivity index (χ1n) is 13.1. The van der Waals surface area contributed by atoms with Crippen LogP contribution < -0.4 is 10.6 Å². The Labute approximate surface area is 219 Å². The number of carboxylic acid groups (broad SMARTS) is 1. The lowest BCUT2D eigenvalue weighted by molar-refractivity contribution is -0.142. The minimum atomic E-state index is -0.687. The van der Waals surface area contributed by atoms with Crippen LogP contribution in [0, 0.1) is 5.92 Å². The maximum atomic E-state index is 11.2. The van der Waals surface area contributed by atoms with E-state index in [1.807, 2.05) is 29.2 Å². The second kappa shape index (κ2) is 9.88. The topological polar surface area (TPSA) is 156 Å². The summed E-state index contributed by atoms with van der Waals surface area (Å²) in [6.45, 7) is 1.56. The molecular weight excluding hydrogens is 484 g/mol. The number of aromatic nitrogens is 6. The maximum absolute atomic E-state index is 11.2. The van der Waals surface area contributed by atoms with Crippen molar-refractivity contribution in [2.45, 2.75) is 50.5 Å². The smallest absolute Gasteiger partial charge is 0.306 e. The Hall–Kier alpha value is -4.28. The van der Waals surface area contributed by atoms with Gasteiger partial charge in [-0.1, -0.05) is 12.1 Å². The summed E-state index contributed by atoms with van der Waals surface area (Å²) in [6.07, 6.45) is 8.64. The molecule has 11 nitrogen and oxygen atoms in total. The molecule has 38 heavy (non-hydrogen) atoms. The molecule has 11 heteroatoms. The van der Waals surface area contributed by atoms with Crippen LogP contribution in [0.15, 0.2) is 42.7 Å². The Balaban J connectivity index is 1.14. The zero-order chi connectivity index (χ0) is 26.2. The van der Waals surface area contributed by atoms with Crippen LogP contribution in [0.25, 0.3) is 22.3 Å². The molecule has 0 bridgehead atoms. The van der Waals surface area contributed by atoms with E-state index in [2.05, 4.69) is 30.2 Å². The van der Waals surface area contributed by atoms with E-state index in [4.69, 9.17) is 5.73 Å². The number of phenols is 1. The highest BCUT2D eigenvalue weighted by Gasteiger charge is 2.28. The number of rotatable bonds is 5. The van der Waals surface area contributed by atoms with Gasteiger partial charge in [0.1, 0.15) is 5.75 Å². The number of fused-ring (bicyclic) bond motifs is 1. The molecule has 0 spiro atoms. The fourth-order valence-electron chi connectivity index (χ4n) is 5.75. The minimum absolute atomic E-state index is 0.135. The molecule has 1 aromatic carbocycles. The lowest BCUT2D eigenvalue weighted by atomic mass is 9.79. The van der Waals surface area contributed by atoms with Crippen LogP contribution in [-0.4, -0.2) is 59.2 Å². The van der Waals surface area contributed by atoms with Gasteiger partial charge in [-0.3, -0.25) is 9.48 Å². The summed E-state index contributed by atoms with van der Waals surface area (Å²) in [5.74, 6) is 0.619. The molecule has 1 aliphatic heterocycles. The molecule has 1 saturated heterocycles. The summed E-state index contributed by atoms with van der Waals surface area (Å²) in [4.78, 5) is 22.7. The number of carbonyl (C=O) groups is 1. The molecule has 0 unspecified atom stereocenters. The van der Waals surface area contributed by atoms with Crippen LogP contribution in [0.2, 0.25) is 0 Å². The Morgan fingerprint density at radius 2 is 1.68 bits per heavy atom. The van der Waals surface area contributed by atoms with E-state index < -0.39 is 5.97 Å². The number of nitrogen functional groups attached to an aromatic ring is 1. The normalized spacial score (nSPS) is 20.6. The number of para-hydroxylation sites is 1. The zero-order valence-corrected chi connectivity index (χ0v) is 20.9. The van der Waals surface area contributed by atoms with E-state index in [-0.39, 0.29) is 17.7 Å². The van der Waals surface area contributed by atoms with Crippen molar-refractivity contribution in [1.82, 2.24) is 29.9 Å². The number of nitrogens with two attached hydrogens (primary N) is 1. The first-order chi connectivity index (χ1) is 18.5. The number of hydrogen-bond acceptors (Lipinski definition) is 9. The molecule has 4 N–H and O–H groups in total. The lowest BCUT2D eigenvalue weighted by Crippen LogP contribution is -2.36. The standard InChI is InChI=1S/C27H30N8O3/c28-25-24-22(13-21(31-32-24)20-3-1-2-4-23(20)36)35(33-25)19-9-11-34(12-10-19)27-29-14-18(15-30-27)16-5-7-17(8-6-16)26(37)38/h1-4,13-17,19,36H,5-12H2,(H2,28,33)(H,37,38). The molecular formula is C27H30N8O3. The Kier molecular flexibility index (Phi) is 6.26. The minimum Gasteiger partial charge on any atom is -0.507 e. The first kappa shape index (κ1) is 24.1. The summed E-state index contributed by atoms with van der Waals surface area (Å²) in [6, 6.07) is 9.07. The van der Waals surface area contributed by atoms with Crippen LogP contribution >= 0.6 is 0 Å². The number of aromatic hydroxyl groups is 1. The third-order valence-corrected chi connectivity index (χ3v) is 7.96. The molecule has 196 valence electrons. The van der Waals surface area contributed by atoms with E-state index in [0.717, 1.165) is 49.9 Å². The third-order valence-electron chi connectivity index (χ3n) is 7.96. The maximum Gasteiger partial charge on any atom is 0.306 e. The van der Waals surface area contributed by atoms with Crippen molar-refractivity contribution in [2.24, 2.45) is 5.92 Å². The van der Waals surface area contributed by atoms with Crippen molar-refractivity contribution in [3.8, 4) is 17.0 Å². The average molecular weight is 515 g/mol. The van der Waals surface area contributed by atoms with Gasteiger partial charge in [0.05, 0.1) is 23.2 Å². The van der Waals surface area contributed by atoms with Gasteiger partial charge in [-0.2, -0.15) is 5.10 Å². The van der Waals surface area contributed by atoms with E-state index in [1.165, 1.54) is 0 Å². The summed E-state index contributed by atoms with van der Waals surface area (Å²) >= 11 is 0. The van der Waals surface area contributed by atoms with Crippen molar-refractivity contribution in [2.75, 3.05) is 23.7 Å². The number of phenolic OH excluding ortho intramolecular Hbond substituents is 1. The molecule has 0 radical (unpaired) electrons. The molecule has 3 aromatic heterocycles. The molecule has 2 fully saturated rings. The number of piperidine rings is 1. The van der Waals surface area contributed by atoms with Crippen LogP contribution in [0.3, 0.4) is 0 Å². The first-order valence-corrected chi connectivity index (χ1v) is 13.1. The number of nitrogens with zero attached hydrogens (tertiary/aromatic N) is 7. The monoisotopic (exact) mass is 514 g/mol. The van der Waals surface area contributed by atoms with Gasteiger partial charge >= 0.3 is 5.97 Å². The van der Waals surface area contributed by atoms with E-state index in [1.54, 1.807) is 18.2 Å². The number of aliphatic carboxylic acids is 1. The molecule has 1 aliphatic carbocycles. The molecule has 1 saturated carbocycles. The molecule has 6 rings (SSSR count). The number of carboxylic acids is 1. The van der Waals surface area contributed by atoms with E-state index >= 15 is 0 Å². The van der Waals surface area contributed by atoms with Gasteiger partial charge in [0.2, 0.25) is 5.95 Å². The zero-order valence-electron chi connectivity index (χ0n) is 20.9. The third kappa shape index (κ3) is 4.48. The van der Waals surface area contributed by atoms with Gasteiger partial charge in [0.15, 0.2) is 11.3 Å². The van der Waals surface area contributed by atoms with Gasteiger partial charge in [-0.15, -0.1) is 10.2 Å². The van der Waals surface area contributed by atoms with Gasteiger partial charge < -0.3 is 20.8 Å². The van der Waals surface area contributed by atoms with Crippen molar-refractivity contribution in [3.63, 3.8) is 0 Å². The molecule has 4 aromatic rings. The highest BCUT2D eigenvalue weighted by atomic mass is 16.4. The molecule has 4 heterocycles. The summed E-state index contributed by atoms with van der Waals surface area (Å²) in [5, 5.41) is 32.7. The van der Waals surface area contributed by atoms with Crippen molar-refractivity contribution >= 4 is 28.8 Å². The predicted molar refractivity (Wildman–Crippen MR) is 142 cm³/mol. The Bertz CT molecular complexity index is 1460. The summed E-state index contributed by atoms with van der Waals surface area (Å²) < 4.78 is 1.94. The van der Waals surface area contributed by atoms with Crippen molar-refractivity contribution in [3.05, 3.63) is 48.3 Å². The van der Waals surface area contributed by atoms with Gasteiger partial charge in [-0.25, -0.2) is 9.97 Å². The van der Waals surface area contributed by atoms with Crippen LogP contribution in [0.1, 0.15) is 56.0 Å². The molecule has 0 atom stereocenters. The fourth-order valence-corrected chi connectivity index (χ4v) is 5.75. The number of anilines is 2. The quantitative estimate of drug-likeness (QED) is 0.358. The van der Waals surface area contributed by atoms with Crippen molar-refractivity contribution < 1.29 is 15.0 Å². The highest BCUT2D eigenvalue weighted by molar-refractivity contribution is 5.87. The van der Waals surface area contributed by atoms with Crippen LogP contribution in [0.5, 0.6) is 5.75 Å². The summed E-state index contributed by atoms with van der Waals surface area (Å²) in [7, 11) is 0. The second-order valence-electron chi connectivity index (χ2n) is 10.2. The second-order valence-corrected chi connectivity index (χ2v) is 10.2. The van der Waals surface area contributed by atoms with Gasteiger partial charge in [-0.05, 0) is 68.2 Å².